The number of hydrogen-bond donors (Lipinski definition) is 0. The standard InChI is InChI=1S/C44H36N4O/c1-25(2)36-22-29(28-18-20-31-30(21-28)24-45-38-14-7-6-11-32(31)38)23-37(26(3)4)41(36)48-40-16-9-8-15-39(40)47-43(48)35-13-10-12-33-34-19-17-27(5)46-44(34)49-42(33)35/h6-26H,1-5H3/i5D3,25D,26D. The van der Waals surface area contributed by atoms with Gasteiger partial charge in [-0.05, 0) is 101 Å². The van der Waals surface area contributed by atoms with Gasteiger partial charge in [0.05, 0.1) is 27.8 Å². The monoisotopic (exact) mass is 641 g/mol. The number of aryl methyl sites for hydroxylation is 1. The number of para-hydroxylation sites is 4. The number of pyridine rings is 2. The SMILES string of the molecule is [2H]C([2H])([2H])c1ccc2c(n1)oc1c(-c3nc4ccccc4n3-c3c(C([2H])(C)C)cc(-c4ccc5c(cnc6ccccc65)c4)cc3C([2H])(C)C)cccc12. The van der Waals surface area contributed by atoms with E-state index in [0.717, 1.165) is 60.3 Å². The Kier molecular flexibility index (Phi) is 5.53. The van der Waals surface area contributed by atoms with Crippen LogP contribution in [-0.2, 0) is 0 Å². The molecule has 0 saturated heterocycles. The van der Waals surface area contributed by atoms with Gasteiger partial charge in [-0.15, -0.1) is 0 Å². The molecule has 4 heterocycles. The highest BCUT2D eigenvalue weighted by Gasteiger charge is 2.25. The van der Waals surface area contributed by atoms with Crippen molar-refractivity contribution >= 4 is 54.8 Å². The van der Waals surface area contributed by atoms with E-state index in [1.54, 1.807) is 6.07 Å². The lowest BCUT2D eigenvalue weighted by Crippen LogP contribution is -2.09. The van der Waals surface area contributed by atoms with Crippen molar-refractivity contribution in [2.45, 2.75) is 46.3 Å². The quantitative estimate of drug-likeness (QED) is 0.175. The number of rotatable bonds is 5. The number of benzene rings is 5. The summed E-state index contributed by atoms with van der Waals surface area (Å²) in [5.74, 6) is -1.61. The first-order chi connectivity index (χ1) is 25.7. The molecule has 0 aliphatic rings. The Morgan fingerprint density at radius 2 is 1.41 bits per heavy atom. The zero-order chi connectivity index (χ0) is 37.7. The average Bonchev–Trinajstić information content (AvgIpc) is 3.71. The largest absolute Gasteiger partial charge is 0.437 e. The lowest BCUT2D eigenvalue weighted by molar-refractivity contribution is 0.653. The summed E-state index contributed by atoms with van der Waals surface area (Å²) < 4.78 is 51.3. The third kappa shape index (κ3) is 4.64. The highest BCUT2D eigenvalue weighted by atomic mass is 16.3. The van der Waals surface area contributed by atoms with Gasteiger partial charge in [-0.3, -0.25) is 9.55 Å². The zero-order valence-electron chi connectivity index (χ0n) is 32.7. The van der Waals surface area contributed by atoms with E-state index < -0.39 is 18.6 Å². The van der Waals surface area contributed by atoms with Gasteiger partial charge in [0, 0.05) is 40.3 Å². The van der Waals surface area contributed by atoms with Gasteiger partial charge in [-0.25, -0.2) is 9.97 Å². The summed E-state index contributed by atoms with van der Waals surface area (Å²) in [6.45, 7) is 5.12. The second-order valence-corrected chi connectivity index (χ2v) is 13.1. The number of hydrogen-bond acceptors (Lipinski definition) is 4. The van der Waals surface area contributed by atoms with Crippen molar-refractivity contribution in [2.75, 3.05) is 0 Å². The summed E-state index contributed by atoms with van der Waals surface area (Å²) in [6, 6.07) is 35.6. The average molecular weight is 642 g/mol. The lowest BCUT2D eigenvalue weighted by atomic mass is 9.87. The van der Waals surface area contributed by atoms with Crippen LogP contribution in [0.1, 0.15) is 63.2 Å². The predicted octanol–water partition coefficient (Wildman–Crippen LogP) is 11.9. The van der Waals surface area contributed by atoms with Crippen molar-refractivity contribution in [1.82, 2.24) is 19.5 Å². The fraction of sp³-hybridized carbons (Fsp3) is 0.159. The molecule has 0 radical (unpaired) electrons. The first kappa shape index (κ1) is 24.3. The van der Waals surface area contributed by atoms with Gasteiger partial charge in [0.15, 0.2) is 0 Å². The van der Waals surface area contributed by atoms with Crippen LogP contribution in [0.3, 0.4) is 0 Å². The smallest absolute Gasteiger partial charge is 0.227 e. The van der Waals surface area contributed by atoms with Crippen LogP contribution in [0.15, 0.2) is 120 Å². The Bertz CT molecular complexity index is 2930. The zero-order valence-corrected chi connectivity index (χ0v) is 27.7. The molecule has 0 amide bonds. The molecule has 5 aromatic carbocycles. The summed E-state index contributed by atoms with van der Waals surface area (Å²) in [6.07, 6.45) is 1.90. The van der Waals surface area contributed by atoms with Gasteiger partial charge >= 0.3 is 0 Å². The molecule has 0 bridgehead atoms. The Labute approximate surface area is 291 Å². The highest BCUT2D eigenvalue weighted by molar-refractivity contribution is 6.09. The minimum atomic E-state index is -2.38. The minimum absolute atomic E-state index is 0.0383. The van der Waals surface area contributed by atoms with Gasteiger partial charge in [-0.2, -0.15) is 0 Å². The number of fused-ring (bicyclic) bond motifs is 7. The molecule has 0 spiro atoms. The van der Waals surface area contributed by atoms with E-state index in [-0.39, 0.29) is 11.4 Å². The Morgan fingerprint density at radius 3 is 2.20 bits per heavy atom. The molecule has 0 aliphatic heterocycles. The van der Waals surface area contributed by atoms with Crippen LogP contribution in [0.5, 0.6) is 0 Å². The molecule has 4 aromatic heterocycles. The Balaban J connectivity index is 1.33. The topological polar surface area (TPSA) is 56.7 Å². The van der Waals surface area contributed by atoms with Crippen LogP contribution in [0.4, 0.5) is 0 Å². The number of nitrogens with zero attached hydrogens (tertiary/aromatic N) is 4. The van der Waals surface area contributed by atoms with Crippen LogP contribution >= 0.6 is 0 Å². The molecule has 0 saturated carbocycles. The Morgan fingerprint density at radius 1 is 0.673 bits per heavy atom. The summed E-state index contributed by atoms with van der Waals surface area (Å²) in [7, 11) is 0. The van der Waals surface area contributed by atoms with Crippen LogP contribution in [0.25, 0.3) is 83.0 Å². The molecule has 0 unspecified atom stereocenters. The fourth-order valence-electron chi connectivity index (χ4n) is 7.14. The van der Waals surface area contributed by atoms with Crippen LogP contribution in [0, 0.1) is 6.85 Å². The number of aromatic nitrogens is 4. The molecule has 5 nitrogen and oxygen atoms in total. The van der Waals surface area contributed by atoms with Crippen molar-refractivity contribution in [2.24, 2.45) is 0 Å². The second-order valence-electron chi connectivity index (χ2n) is 13.1. The lowest BCUT2D eigenvalue weighted by Gasteiger charge is -2.24. The highest BCUT2D eigenvalue weighted by Crippen LogP contribution is 2.42. The van der Waals surface area contributed by atoms with Crippen molar-refractivity contribution in [1.29, 1.82) is 0 Å². The Hall–Kier alpha value is -5.81. The molecular weight excluding hydrogens is 601 g/mol. The molecule has 0 atom stereocenters. The van der Waals surface area contributed by atoms with E-state index in [4.69, 9.17) is 18.5 Å². The van der Waals surface area contributed by atoms with Gasteiger partial charge in [0.2, 0.25) is 5.71 Å². The van der Waals surface area contributed by atoms with E-state index >= 15 is 0 Å². The predicted molar refractivity (Wildman–Crippen MR) is 203 cm³/mol. The molecule has 0 fully saturated rings. The van der Waals surface area contributed by atoms with E-state index in [0.29, 0.717) is 28.0 Å². The maximum Gasteiger partial charge on any atom is 0.227 e. The maximum atomic E-state index is 9.58. The molecule has 9 aromatic rings. The van der Waals surface area contributed by atoms with Gasteiger partial charge in [0.1, 0.15) is 11.4 Å². The van der Waals surface area contributed by atoms with Gasteiger partial charge < -0.3 is 4.42 Å². The van der Waals surface area contributed by atoms with E-state index in [2.05, 4.69) is 45.9 Å². The number of imidazole rings is 1. The van der Waals surface area contributed by atoms with Crippen molar-refractivity contribution < 1.29 is 11.3 Å². The van der Waals surface area contributed by atoms with Crippen LogP contribution < -0.4 is 0 Å². The summed E-state index contributed by atoms with van der Waals surface area (Å²) in [5, 5.41) is 4.69. The van der Waals surface area contributed by atoms with Crippen molar-refractivity contribution in [3.05, 3.63) is 132 Å². The molecular formula is C44H36N4O. The summed E-state index contributed by atoms with van der Waals surface area (Å²) in [4.78, 5) is 14.3. The van der Waals surface area contributed by atoms with Gasteiger partial charge in [-0.1, -0.05) is 82.3 Å². The molecule has 49 heavy (non-hydrogen) atoms. The minimum Gasteiger partial charge on any atom is -0.437 e. The third-order valence-corrected chi connectivity index (χ3v) is 9.50. The van der Waals surface area contributed by atoms with E-state index in [9.17, 15) is 2.74 Å². The van der Waals surface area contributed by atoms with Crippen LogP contribution in [0.2, 0.25) is 0 Å². The summed E-state index contributed by atoms with van der Waals surface area (Å²) >= 11 is 0. The maximum absolute atomic E-state index is 9.58. The molecule has 9 rings (SSSR count). The summed E-state index contributed by atoms with van der Waals surface area (Å²) in [5.41, 5.74) is 7.94. The van der Waals surface area contributed by atoms with E-state index in [1.165, 1.54) is 6.07 Å². The molecule has 0 aliphatic carbocycles. The van der Waals surface area contributed by atoms with E-state index in [1.807, 2.05) is 94.6 Å². The van der Waals surface area contributed by atoms with Crippen LogP contribution in [-0.4, -0.2) is 19.5 Å². The first-order valence-electron chi connectivity index (χ1n) is 18.9. The second kappa shape index (κ2) is 11.1. The van der Waals surface area contributed by atoms with Crippen molar-refractivity contribution in [3.63, 3.8) is 0 Å². The first-order valence-corrected chi connectivity index (χ1v) is 16.4. The number of furan rings is 1. The van der Waals surface area contributed by atoms with Gasteiger partial charge in [0.25, 0.3) is 0 Å². The molecule has 5 heteroatoms. The fourth-order valence-corrected chi connectivity index (χ4v) is 7.14. The third-order valence-electron chi connectivity index (χ3n) is 9.50. The molecule has 0 N–H and O–H groups in total. The van der Waals surface area contributed by atoms with Crippen molar-refractivity contribution in [3.8, 4) is 28.2 Å². The normalized spacial score (nSPS) is 14.3. The molecule has 238 valence electrons.